The Morgan fingerprint density at radius 3 is 2.89 bits per heavy atom. The maximum Gasteiger partial charge on any atom is 0.137 e. The summed E-state index contributed by atoms with van der Waals surface area (Å²) in [6, 6.07) is 4.04. The molecule has 0 aliphatic rings. The van der Waals surface area contributed by atoms with Crippen molar-refractivity contribution in [2.75, 3.05) is 6.54 Å². The lowest BCUT2D eigenvalue weighted by atomic mass is 10.2. The molecule has 2 rings (SSSR count). The third-order valence-corrected chi connectivity index (χ3v) is 2.88. The molecule has 0 saturated heterocycles. The summed E-state index contributed by atoms with van der Waals surface area (Å²) in [5.41, 5.74) is 2.11. The second-order valence-corrected chi connectivity index (χ2v) is 4.44. The molecule has 0 aliphatic carbocycles. The van der Waals surface area contributed by atoms with Gasteiger partial charge in [0.2, 0.25) is 0 Å². The van der Waals surface area contributed by atoms with Gasteiger partial charge in [-0.1, -0.05) is 13.8 Å². The van der Waals surface area contributed by atoms with Crippen LogP contribution in [0.15, 0.2) is 22.7 Å². The lowest BCUT2D eigenvalue weighted by Gasteiger charge is -1.97. The average molecular weight is 247 g/mol. The Morgan fingerprint density at radius 1 is 1.33 bits per heavy atom. The Morgan fingerprint density at radius 2 is 2.17 bits per heavy atom. The van der Waals surface area contributed by atoms with E-state index in [1.807, 2.05) is 23.7 Å². The SMILES string of the molecule is CCCn1cc(-c2ccc(CNCC)o2)c(C)n1. The van der Waals surface area contributed by atoms with Crippen molar-refractivity contribution < 1.29 is 4.42 Å². The predicted octanol–water partition coefficient (Wildman–Crippen LogP) is 2.97. The van der Waals surface area contributed by atoms with Crippen LogP contribution in [0.3, 0.4) is 0 Å². The average Bonchev–Trinajstić information content (AvgIpc) is 2.94. The molecule has 1 N–H and O–H groups in total. The van der Waals surface area contributed by atoms with Crippen molar-refractivity contribution in [3.05, 3.63) is 29.8 Å². The molecule has 0 saturated carbocycles. The first-order valence-electron chi connectivity index (χ1n) is 6.58. The van der Waals surface area contributed by atoms with Gasteiger partial charge in [0, 0.05) is 12.7 Å². The third kappa shape index (κ3) is 2.82. The van der Waals surface area contributed by atoms with E-state index in [9.17, 15) is 0 Å². The van der Waals surface area contributed by atoms with Crippen molar-refractivity contribution in [2.24, 2.45) is 0 Å². The van der Waals surface area contributed by atoms with E-state index in [1.165, 1.54) is 0 Å². The first-order chi connectivity index (χ1) is 8.74. The number of hydrogen-bond donors (Lipinski definition) is 1. The van der Waals surface area contributed by atoms with Crippen molar-refractivity contribution in [3.8, 4) is 11.3 Å². The molecule has 0 amide bonds. The molecule has 18 heavy (non-hydrogen) atoms. The summed E-state index contributed by atoms with van der Waals surface area (Å²) in [5.74, 6) is 1.87. The Balaban J connectivity index is 2.17. The molecule has 98 valence electrons. The first kappa shape index (κ1) is 12.9. The third-order valence-electron chi connectivity index (χ3n) is 2.88. The van der Waals surface area contributed by atoms with Crippen LogP contribution in [-0.2, 0) is 13.1 Å². The zero-order valence-electron chi connectivity index (χ0n) is 11.4. The summed E-state index contributed by atoms with van der Waals surface area (Å²) in [5, 5.41) is 7.74. The molecule has 0 radical (unpaired) electrons. The maximum atomic E-state index is 5.83. The Labute approximate surface area is 108 Å². The molecule has 0 fully saturated rings. The van der Waals surface area contributed by atoms with E-state index < -0.39 is 0 Å². The number of nitrogens with zero attached hydrogens (tertiary/aromatic N) is 2. The number of nitrogens with one attached hydrogen (secondary N) is 1. The smallest absolute Gasteiger partial charge is 0.137 e. The molecule has 2 aromatic heterocycles. The van der Waals surface area contributed by atoms with Crippen LogP contribution in [0.4, 0.5) is 0 Å². The summed E-state index contributed by atoms with van der Waals surface area (Å²) in [6.45, 7) is 8.93. The second kappa shape index (κ2) is 5.87. The number of rotatable bonds is 6. The fraction of sp³-hybridized carbons (Fsp3) is 0.500. The van der Waals surface area contributed by atoms with Gasteiger partial charge < -0.3 is 9.73 Å². The summed E-state index contributed by atoms with van der Waals surface area (Å²) >= 11 is 0. The van der Waals surface area contributed by atoms with Crippen molar-refractivity contribution in [3.63, 3.8) is 0 Å². The lowest BCUT2D eigenvalue weighted by Crippen LogP contribution is -2.10. The monoisotopic (exact) mass is 247 g/mol. The molecular formula is C14H21N3O. The molecule has 0 atom stereocenters. The van der Waals surface area contributed by atoms with Crippen LogP contribution >= 0.6 is 0 Å². The highest BCUT2D eigenvalue weighted by atomic mass is 16.3. The van der Waals surface area contributed by atoms with E-state index in [0.717, 1.165) is 48.8 Å². The van der Waals surface area contributed by atoms with Gasteiger partial charge in [0.05, 0.1) is 17.8 Å². The van der Waals surface area contributed by atoms with Crippen LogP contribution < -0.4 is 5.32 Å². The summed E-state index contributed by atoms with van der Waals surface area (Å²) in [4.78, 5) is 0. The van der Waals surface area contributed by atoms with Crippen LogP contribution in [0.25, 0.3) is 11.3 Å². The van der Waals surface area contributed by atoms with E-state index in [1.54, 1.807) is 0 Å². The quantitative estimate of drug-likeness (QED) is 0.853. The van der Waals surface area contributed by atoms with Crippen LogP contribution in [0.5, 0.6) is 0 Å². The van der Waals surface area contributed by atoms with E-state index in [0.29, 0.717) is 0 Å². The molecule has 0 unspecified atom stereocenters. The van der Waals surface area contributed by atoms with Gasteiger partial charge in [0.1, 0.15) is 11.5 Å². The van der Waals surface area contributed by atoms with Gasteiger partial charge in [0.15, 0.2) is 0 Å². The van der Waals surface area contributed by atoms with E-state index >= 15 is 0 Å². The molecule has 0 spiro atoms. The highest BCUT2D eigenvalue weighted by molar-refractivity contribution is 5.59. The highest BCUT2D eigenvalue weighted by Crippen LogP contribution is 2.24. The molecule has 2 heterocycles. The molecule has 4 heteroatoms. The summed E-state index contributed by atoms with van der Waals surface area (Å²) in [6.07, 6.45) is 3.15. The molecule has 0 bridgehead atoms. The van der Waals surface area contributed by atoms with Crippen molar-refractivity contribution in [2.45, 2.75) is 40.3 Å². The number of hydrogen-bond acceptors (Lipinski definition) is 3. The number of aromatic nitrogens is 2. The van der Waals surface area contributed by atoms with Gasteiger partial charge in [-0.15, -0.1) is 0 Å². The standard InChI is InChI=1S/C14H21N3O/c1-4-8-17-10-13(11(3)16-17)14-7-6-12(18-14)9-15-5-2/h6-7,10,15H,4-5,8-9H2,1-3H3. The van der Waals surface area contributed by atoms with Gasteiger partial charge >= 0.3 is 0 Å². The van der Waals surface area contributed by atoms with Crippen LogP contribution in [0.1, 0.15) is 31.7 Å². The van der Waals surface area contributed by atoms with Crippen LogP contribution in [0, 0.1) is 6.92 Å². The number of aryl methyl sites for hydroxylation is 2. The Kier molecular flexibility index (Phi) is 4.20. The minimum Gasteiger partial charge on any atom is -0.460 e. The minimum absolute atomic E-state index is 0.776. The van der Waals surface area contributed by atoms with Crippen LogP contribution in [0.2, 0.25) is 0 Å². The van der Waals surface area contributed by atoms with E-state index in [4.69, 9.17) is 4.42 Å². The second-order valence-electron chi connectivity index (χ2n) is 4.44. The fourth-order valence-corrected chi connectivity index (χ4v) is 1.97. The topological polar surface area (TPSA) is 43.0 Å². The highest BCUT2D eigenvalue weighted by Gasteiger charge is 2.11. The van der Waals surface area contributed by atoms with Crippen molar-refractivity contribution in [1.82, 2.24) is 15.1 Å². The van der Waals surface area contributed by atoms with E-state index in [2.05, 4.69) is 30.5 Å². The van der Waals surface area contributed by atoms with Gasteiger partial charge in [-0.05, 0) is 32.0 Å². The Bertz CT molecular complexity index is 499. The zero-order chi connectivity index (χ0) is 13.0. The molecule has 4 nitrogen and oxygen atoms in total. The maximum absolute atomic E-state index is 5.83. The zero-order valence-corrected chi connectivity index (χ0v) is 11.4. The number of furan rings is 1. The Hall–Kier alpha value is -1.55. The molecule has 0 aliphatic heterocycles. The van der Waals surface area contributed by atoms with Crippen molar-refractivity contribution >= 4 is 0 Å². The molecular weight excluding hydrogens is 226 g/mol. The predicted molar refractivity (Wildman–Crippen MR) is 72.3 cm³/mol. The van der Waals surface area contributed by atoms with Gasteiger partial charge in [-0.25, -0.2) is 0 Å². The normalized spacial score (nSPS) is 11.1. The van der Waals surface area contributed by atoms with Crippen molar-refractivity contribution in [1.29, 1.82) is 0 Å². The van der Waals surface area contributed by atoms with E-state index in [-0.39, 0.29) is 0 Å². The lowest BCUT2D eigenvalue weighted by molar-refractivity contribution is 0.498. The first-order valence-corrected chi connectivity index (χ1v) is 6.58. The minimum atomic E-state index is 0.776. The van der Waals surface area contributed by atoms with Gasteiger partial charge in [-0.3, -0.25) is 4.68 Å². The summed E-state index contributed by atoms with van der Waals surface area (Å²) in [7, 11) is 0. The van der Waals surface area contributed by atoms with Gasteiger partial charge in [-0.2, -0.15) is 5.10 Å². The largest absolute Gasteiger partial charge is 0.460 e. The van der Waals surface area contributed by atoms with Gasteiger partial charge in [0.25, 0.3) is 0 Å². The van der Waals surface area contributed by atoms with Crippen LogP contribution in [-0.4, -0.2) is 16.3 Å². The summed E-state index contributed by atoms with van der Waals surface area (Å²) < 4.78 is 7.81. The fourth-order valence-electron chi connectivity index (χ4n) is 1.97. The molecule has 0 aromatic carbocycles. The molecule has 2 aromatic rings.